The number of hydrogen-bond acceptors (Lipinski definition) is 3. The van der Waals surface area contributed by atoms with E-state index in [2.05, 4.69) is 15.4 Å². The maximum atomic E-state index is 14.7. The van der Waals surface area contributed by atoms with E-state index in [0.717, 1.165) is 17.0 Å². The number of hydrogen-bond donors (Lipinski definition) is 2. The lowest BCUT2D eigenvalue weighted by molar-refractivity contribution is -0.274. The van der Waals surface area contributed by atoms with Gasteiger partial charge in [-0.05, 0) is 31.7 Å². The number of ether oxygens (including phenoxy) is 1. The van der Waals surface area contributed by atoms with Gasteiger partial charge in [0, 0.05) is 24.7 Å². The number of alkyl halides is 6. The summed E-state index contributed by atoms with van der Waals surface area (Å²) in [5, 5.41) is 5.02. The van der Waals surface area contributed by atoms with Crippen LogP contribution in [0.3, 0.4) is 0 Å². The predicted molar refractivity (Wildman–Crippen MR) is 95.8 cm³/mol. The van der Waals surface area contributed by atoms with Gasteiger partial charge in [0.1, 0.15) is 17.6 Å². The molecular formula is C19H20F7N3O3. The number of nitrogens with zero attached hydrogens (tertiary/aromatic N) is 1. The molecule has 2 atom stereocenters. The summed E-state index contributed by atoms with van der Waals surface area (Å²) in [5.41, 5.74) is -0.271. The Morgan fingerprint density at radius 2 is 1.88 bits per heavy atom. The predicted octanol–water partition coefficient (Wildman–Crippen LogP) is 3.88. The Hall–Kier alpha value is -2.73. The third-order valence-electron chi connectivity index (χ3n) is 5.69. The summed E-state index contributed by atoms with van der Waals surface area (Å²) in [5.74, 6) is -4.86. The summed E-state index contributed by atoms with van der Waals surface area (Å²) >= 11 is 0. The highest BCUT2D eigenvalue weighted by Crippen LogP contribution is 2.50. The van der Waals surface area contributed by atoms with Crippen LogP contribution in [0.25, 0.3) is 0 Å². The van der Waals surface area contributed by atoms with Crippen molar-refractivity contribution in [2.24, 2.45) is 11.8 Å². The first-order valence-corrected chi connectivity index (χ1v) is 9.73. The second-order valence-corrected chi connectivity index (χ2v) is 7.79. The summed E-state index contributed by atoms with van der Waals surface area (Å²) in [4.78, 5) is 25.7. The molecule has 1 aromatic carbocycles. The molecule has 178 valence electrons. The number of carbonyl (C=O) groups is 2. The summed E-state index contributed by atoms with van der Waals surface area (Å²) in [7, 11) is 0. The molecule has 32 heavy (non-hydrogen) atoms. The van der Waals surface area contributed by atoms with Gasteiger partial charge >= 0.3 is 18.6 Å². The minimum absolute atomic E-state index is 0.127. The molecule has 1 aromatic rings. The van der Waals surface area contributed by atoms with E-state index in [0.29, 0.717) is 6.07 Å². The highest BCUT2D eigenvalue weighted by Gasteiger charge is 2.51. The molecule has 1 saturated carbocycles. The van der Waals surface area contributed by atoms with Crippen LogP contribution >= 0.6 is 0 Å². The minimum Gasteiger partial charge on any atom is -0.406 e. The molecule has 3 amide bonds. The first-order valence-electron chi connectivity index (χ1n) is 9.73. The molecule has 1 heterocycles. The quantitative estimate of drug-likeness (QED) is 0.655. The normalized spacial score (nSPS) is 24.9. The number of urea groups is 1. The molecule has 3 rings (SSSR count). The van der Waals surface area contributed by atoms with Crippen molar-refractivity contribution in [1.29, 1.82) is 0 Å². The van der Waals surface area contributed by atoms with Gasteiger partial charge in [0.25, 0.3) is 0 Å². The van der Waals surface area contributed by atoms with Crippen LogP contribution in [0, 0.1) is 17.7 Å². The van der Waals surface area contributed by atoms with Crippen LogP contribution in [-0.4, -0.2) is 48.5 Å². The smallest absolute Gasteiger partial charge is 0.406 e. The number of halogens is 7. The lowest BCUT2D eigenvalue weighted by Gasteiger charge is -2.43. The molecule has 2 N–H and O–H groups in total. The van der Waals surface area contributed by atoms with Crippen molar-refractivity contribution in [3.05, 3.63) is 29.6 Å². The average Bonchev–Trinajstić information content (AvgIpc) is 2.59. The molecule has 0 spiro atoms. The fraction of sp³-hybridized carbons (Fsp3) is 0.579. The summed E-state index contributed by atoms with van der Waals surface area (Å²) in [6, 6.07) is -0.669. The van der Waals surface area contributed by atoms with E-state index in [1.54, 1.807) is 0 Å². The van der Waals surface area contributed by atoms with Gasteiger partial charge in [0.05, 0.1) is 12.0 Å². The number of benzene rings is 1. The highest BCUT2D eigenvalue weighted by molar-refractivity contribution is 5.88. The Morgan fingerprint density at radius 1 is 1.22 bits per heavy atom. The van der Waals surface area contributed by atoms with Crippen molar-refractivity contribution in [3.8, 4) is 5.75 Å². The fourth-order valence-electron chi connectivity index (χ4n) is 3.88. The zero-order valence-corrected chi connectivity index (χ0v) is 16.7. The molecular weight excluding hydrogens is 451 g/mol. The second kappa shape index (κ2) is 8.66. The second-order valence-electron chi connectivity index (χ2n) is 7.79. The lowest BCUT2D eigenvalue weighted by atomic mass is 9.69. The van der Waals surface area contributed by atoms with Crippen molar-refractivity contribution in [2.45, 2.75) is 44.4 Å². The summed E-state index contributed by atoms with van der Waals surface area (Å²) in [6.07, 6.45) is -10.3. The van der Waals surface area contributed by atoms with Crippen molar-refractivity contribution >= 4 is 11.9 Å². The highest BCUT2D eigenvalue weighted by atomic mass is 19.4. The van der Waals surface area contributed by atoms with Crippen molar-refractivity contribution in [2.75, 3.05) is 13.1 Å². The van der Waals surface area contributed by atoms with E-state index in [-0.39, 0.29) is 31.5 Å². The van der Waals surface area contributed by atoms with Crippen LogP contribution in [0.15, 0.2) is 18.2 Å². The van der Waals surface area contributed by atoms with Gasteiger partial charge in [-0.3, -0.25) is 4.79 Å². The maximum absolute atomic E-state index is 14.7. The van der Waals surface area contributed by atoms with Gasteiger partial charge in [0.15, 0.2) is 0 Å². The molecule has 1 saturated heterocycles. The van der Waals surface area contributed by atoms with Crippen LogP contribution in [0.4, 0.5) is 35.5 Å². The van der Waals surface area contributed by atoms with E-state index < -0.39 is 60.0 Å². The van der Waals surface area contributed by atoms with Crippen LogP contribution in [-0.2, 0) is 4.79 Å². The number of amides is 3. The number of nitrogens with one attached hydrogen (secondary N) is 2. The van der Waals surface area contributed by atoms with Gasteiger partial charge in [-0.1, -0.05) is 6.07 Å². The molecule has 0 unspecified atom stereocenters. The molecule has 0 radical (unpaired) electrons. The largest absolute Gasteiger partial charge is 0.573 e. The zero-order chi connectivity index (χ0) is 23.8. The molecule has 2 aliphatic rings. The Morgan fingerprint density at radius 3 is 2.44 bits per heavy atom. The SMILES string of the molecule is C[C@@H]1C(=O)NCCN1C(=O)N[C@@H](c1ccc(OC(F)(F)F)cc1F)[C@H]1C[C@H](C(F)(F)F)C1. The fourth-order valence-corrected chi connectivity index (χ4v) is 3.88. The minimum atomic E-state index is -5.06. The van der Waals surface area contributed by atoms with Gasteiger partial charge in [-0.2, -0.15) is 13.2 Å². The third-order valence-corrected chi connectivity index (χ3v) is 5.69. The Kier molecular flexibility index (Phi) is 6.47. The molecule has 0 bridgehead atoms. The number of piperazine rings is 1. The zero-order valence-electron chi connectivity index (χ0n) is 16.7. The molecule has 2 fully saturated rings. The number of rotatable bonds is 4. The molecule has 6 nitrogen and oxygen atoms in total. The van der Waals surface area contributed by atoms with Gasteiger partial charge in [-0.15, -0.1) is 13.2 Å². The van der Waals surface area contributed by atoms with Crippen molar-refractivity contribution in [3.63, 3.8) is 0 Å². The van der Waals surface area contributed by atoms with Crippen LogP contribution in [0.2, 0.25) is 0 Å². The van der Waals surface area contributed by atoms with Crippen molar-refractivity contribution in [1.82, 2.24) is 15.5 Å². The van der Waals surface area contributed by atoms with Gasteiger partial charge in [-0.25, -0.2) is 9.18 Å². The maximum Gasteiger partial charge on any atom is 0.573 e. The first kappa shape index (κ1) is 23.9. The van der Waals surface area contributed by atoms with Crippen molar-refractivity contribution < 1.29 is 45.1 Å². The Bertz CT molecular complexity index is 869. The van der Waals surface area contributed by atoms with Gasteiger partial charge in [0.2, 0.25) is 5.91 Å². The Balaban J connectivity index is 1.83. The van der Waals surface area contributed by atoms with Crippen LogP contribution in [0.5, 0.6) is 5.75 Å². The van der Waals surface area contributed by atoms with E-state index in [9.17, 15) is 40.3 Å². The summed E-state index contributed by atoms with van der Waals surface area (Å²) in [6.45, 7) is 1.75. The third kappa shape index (κ3) is 5.36. The van der Waals surface area contributed by atoms with Crippen LogP contribution in [0.1, 0.15) is 31.4 Å². The molecule has 1 aliphatic heterocycles. The van der Waals surface area contributed by atoms with E-state index >= 15 is 0 Å². The molecule has 0 aromatic heterocycles. The van der Waals surface area contributed by atoms with Gasteiger partial charge < -0.3 is 20.3 Å². The average molecular weight is 471 g/mol. The van der Waals surface area contributed by atoms with Crippen LogP contribution < -0.4 is 15.4 Å². The monoisotopic (exact) mass is 471 g/mol. The first-order chi connectivity index (χ1) is 14.8. The Labute approximate surface area is 178 Å². The number of carbonyl (C=O) groups excluding carboxylic acids is 2. The van der Waals surface area contributed by atoms with E-state index in [1.807, 2.05) is 0 Å². The molecule has 13 heteroatoms. The lowest BCUT2D eigenvalue weighted by Crippen LogP contribution is -2.59. The van der Waals surface area contributed by atoms with E-state index in [4.69, 9.17) is 0 Å². The summed E-state index contributed by atoms with van der Waals surface area (Å²) < 4.78 is 94.3. The standard InChI is InChI=1S/C19H20F7N3O3/c1-9-16(30)27-4-5-29(9)17(31)28-15(10-6-11(7-10)18(21,22)23)13-3-2-12(8-14(13)20)32-19(24,25)26/h2-3,8-11,15H,4-7H2,1H3,(H,27,30)(H,28,31)/t9-,10-,11-,15-/m1/s1. The molecule has 1 aliphatic carbocycles. The van der Waals surface area contributed by atoms with E-state index in [1.165, 1.54) is 6.92 Å². The topological polar surface area (TPSA) is 70.7 Å².